The van der Waals surface area contributed by atoms with Crippen molar-refractivity contribution in [3.05, 3.63) is 46.5 Å². The molecule has 0 bridgehead atoms. The zero-order valence-corrected chi connectivity index (χ0v) is 7.18. The van der Waals surface area contributed by atoms with Crippen LogP contribution < -0.4 is 5.56 Å². The van der Waals surface area contributed by atoms with E-state index in [1.807, 2.05) is 0 Å². The zero-order valence-electron chi connectivity index (χ0n) is 7.18. The molecule has 1 N–H and O–H groups in total. The monoisotopic (exact) mass is 189 g/mol. The molecule has 0 unspecified atom stereocenters. The van der Waals surface area contributed by atoms with Crippen LogP contribution >= 0.6 is 0 Å². The van der Waals surface area contributed by atoms with Gasteiger partial charge in [-0.25, -0.2) is 0 Å². The van der Waals surface area contributed by atoms with Gasteiger partial charge in [-0.15, -0.1) is 0 Å². The summed E-state index contributed by atoms with van der Waals surface area (Å²) in [5, 5.41) is 6.36. The van der Waals surface area contributed by atoms with Crippen LogP contribution in [0.2, 0.25) is 0 Å². The fourth-order valence-corrected chi connectivity index (χ4v) is 1.17. The summed E-state index contributed by atoms with van der Waals surface area (Å²) in [7, 11) is 0. The maximum absolute atomic E-state index is 11.6. The molecule has 0 saturated heterocycles. The highest BCUT2D eigenvalue weighted by molar-refractivity contribution is 5.73. The highest BCUT2D eigenvalue weighted by Crippen LogP contribution is 1.98. The molecule has 0 aromatic carbocycles. The van der Waals surface area contributed by atoms with Gasteiger partial charge in [-0.05, 0) is 12.1 Å². The van der Waals surface area contributed by atoms with Crippen molar-refractivity contribution in [2.75, 3.05) is 0 Å². The predicted octanol–water partition coefficient (Wildman–Crippen LogP) is 0.373. The third-order valence-corrected chi connectivity index (χ3v) is 1.85. The molecular weight excluding hydrogens is 182 g/mol. The van der Waals surface area contributed by atoms with E-state index in [4.69, 9.17) is 0 Å². The number of carbonyl (C=O) groups excluding carboxylic acids is 1. The van der Waals surface area contributed by atoms with Crippen LogP contribution in [0.1, 0.15) is 10.4 Å². The van der Waals surface area contributed by atoms with Crippen molar-refractivity contribution >= 4 is 6.29 Å². The molecule has 70 valence electrons. The summed E-state index contributed by atoms with van der Waals surface area (Å²) in [6.07, 6.45) is 3.65. The fraction of sp³-hybridized carbons (Fsp3) is 0. The van der Waals surface area contributed by atoms with E-state index in [1.54, 1.807) is 18.3 Å². The first-order chi connectivity index (χ1) is 6.83. The predicted molar refractivity (Wildman–Crippen MR) is 49.6 cm³/mol. The summed E-state index contributed by atoms with van der Waals surface area (Å²) >= 11 is 0. The van der Waals surface area contributed by atoms with E-state index in [2.05, 4.69) is 10.2 Å². The van der Waals surface area contributed by atoms with Gasteiger partial charge in [-0.2, -0.15) is 5.10 Å². The Bertz CT molecular complexity index is 499. The van der Waals surface area contributed by atoms with Crippen molar-refractivity contribution in [3.8, 4) is 5.82 Å². The molecule has 0 amide bonds. The van der Waals surface area contributed by atoms with Crippen molar-refractivity contribution in [3.63, 3.8) is 0 Å². The van der Waals surface area contributed by atoms with Crippen LogP contribution in [0.25, 0.3) is 5.82 Å². The minimum absolute atomic E-state index is 0.127. The van der Waals surface area contributed by atoms with Gasteiger partial charge in [0.1, 0.15) is 5.82 Å². The first-order valence-electron chi connectivity index (χ1n) is 3.99. The van der Waals surface area contributed by atoms with Crippen molar-refractivity contribution < 1.29 is 4.79 Å². The zero-order chi connectivity index (χ0) is 9.97. The van der Waals surface area contributed by atoms with E-state index in [1.165, 1.54) is 16.8 Å². The van der Waals surface area contributed by atoms with Crippen LogP contribution in [0.3, 0.4) is 0 Å². The molecule has 5 heteroatoms. The molecule has 14 heavy (non-hydrogen) atoms. The first kappa shape index (κ1) is 8.43. The highest BCUT2D eigenvalue weighted by Gasteiger charge is 2.03. The van der Waals surface area contributed by atoms with E-state index >= 15 is 0 Å². The standard InChI is InChI=1S/C9H7N3O2/c13-6-7-2-1-5-12(9(7)14)8-3-4-10-11-8/h1-6H,(H,10,11). The Morgan fingerprint density at radius 2 is 2.29 bits per heavy atom. The second kappa shape index (κ2) is 3.29. The molecule has 0 aliphatic rings. The summed E-state index contributed by atoms with van der Waals surface area (Å²) in [5.41, 5.74) is -0.228. The van der Waals surface area contributed by atoms with Gasteiger partial charge in [0.05, 0.1) is 11.8 Å². The topological polar surface area (TPSA) is 67.8 Å². The quantitative estimate of drug-likeness (QED) is 0.694. The summed E-state index contributed by atoms with van der Waals surface area (Å²) in [6.45, 7) is 0. The molecular formula is C9H7N3O2. The van der Waals surface area contributed by atoms with Crippen molar-refractivity contribution in [1.29, 1.82) is 0 Å². The van der Waals surface area contributed by atoms with E-state index in [-0.39, 0.29) is 11.1 Å². The van der Waals surface area contributed by atoms with Gasteiger partial charge in [0, 0.05) is 12.3 Å². The second-order valence-electron chi connectivity index (χ2n) is 2.70. The normalized spacial score (nSPS) is 10.0. The summed E-state index contributed by atoms with van der Waals surface area (Å²) < 4.78 is 1.33. The molecule has 2 rings (SSSR count). The Morgan fingerprint density at radius 1 is 1.43 bits per heavy atom. The maximum Gasteiger partial charge on any atom is 0.266 e. The SMILES string of the molecule is O=Cc1cccn(-c2ccn[nH]2)c1=O. The average Bonchev–Trinajstić information content (AvgIpc) is 2.71. The number of aldehydes is 1. The van der Waals surface area contributed by atoms with E-state index in [9.17, 15) is 9.59 Å². The Hall–Kier alpha value is -2.17. The summed E-state index contributed by atoms with van der Waals surface area (Å²) in [5.74, 6) is 0.540. The Kier molecular flexibility index (Phi) is 1.98. The van der Waals surface area contributed by atoms with Crippen molar-refractivity contribution in [1.82, 2.24) is 14.8 Å². The van der Waals surface area contributed by atoms with Gasteiger partial charge in [-0.1, -0.05) is 0 Å². The molecule has 0 saturated carbocycles. The fourth-order valence-electron chi connectivity index (χ4n) is 1.17. The Morgan fingerprint density at radius 3 is 2.93 bits per heavy atom. The molecule has 5 nitrogen and oxygen atoms in total. The van der Waals surface area contributed by atoms with Crippen LogP contribution in [0.15, 0.2) is 35.4 Å². The van der Waals surface area contributed by atoms with Gasteiger partial charge in [-0.3, -0.25) is 19.3 Å². The maximum atomic E-state index is 11.6. The summed E-state index contributed by atoms with van der Waals surface area (Å²) in [4.78, 5) is 22.1. The number of nitrogens with zero attached hydrogens (tertiary/aromatic N) is 2. The van der Waals surface area contributed by atoms with Crippen LogP contribution in [0.5, 0.6) is 0 Å². The number of hydrogen-bond acceptors (Lipinski definition) is 3. The van der Waals surface area contributed by atoms with E-state index < -0.39 is 0 Å². The van der Waals surface area contributed by atoms with Crippen LogP contribution in [0.4, 0.5) is 0 Å². The molecule has 2 aromatic rings. The summed E-state index contributed by atoms with van der Waals surface area (Å²) in [6, 6.07) is 4.75. The van der Waals surface area contributed by atoms with Gasteiger partial charge < -0.3 is 0 Å². The molecule has 0 aliphatic heterocycles. The Labute approximate surface area is 79.0 Å². The number of pyridine rings is 1. The lowest BCUT2D eigenvalue weighted by Gasteiger charge is -2.00. The lowest BCUT2D eigenvalue weighted by Crippen LogP contribution is -2.21. The van der Waals surface area contributed by atoms with E-state index in [0.717, 1.165) is 0 Å². The smallest absolute Gasteiger partial charge is 0.266 e. The van der Waals surface area contributed by atoms with Gasteiger partial charge in [0.15, 0.2) is 6.29 Å². The largest absolute Gasteiger partial charge is 0.298 e. The lowest BCUT2D eigenvalue weighted by atomic mass is 10.3. The van der Waals surface area contributed by atoms with Crippen LogP contribution in [-0.4, -0.2) is 21.1 Å². The van der Waals surface area contributed by atoms with Crippen LogP contribution in [-0.2, 0) is 0 Å². The molecule has 0 fully saturated rings. The number of hydrogen-bond donors (Lipinski definition) is 1. The number of carbonyl (C=O) groups is 1. The third-order valence-electron chi connectivity index (χ3n) is 1.85. The minimum atomic E-state index is -0.355. The lowest BCUT2D eigenvalue weighted by molar-refractivity contribution is 0.112. The van der Waals surface area contributed by atoms with Gasteiger partial charge in [0.25, 0.3) is 5.56 Å². The van der Waals surface area contributed by atoms with E-state index in [0.29, 0.717) is 12.1 Å². The third kappa shape index (κ3) is 1.24. The number of aromatic nitrogens is 3. The molecule has 0 spiro atoms. The Balaban J connectivity index is 2.66. The second-order valence-corrected chi connectivity index (χ2v) is 2.70. The number of aromatic amines is 1. The van der Waals surface area contributed by atoms with Crippen molar-refractivity contribution in [2.24, 2.45) is 0 Å². The first-order valence-corrected chi connectivity index (χ1v) is 3.99. The van der Waals surface area contributed by atoms with Crippen LogP contribution in [0, 0.1) is 0 Å². The molecule has 0 radical (unpaired) electrons. The number of rotatable bonds is 2. The number of H-pyrrole nitrogens is 1. The molecule has 0 atom stereocenters. The van der Waals surface area contributed by atoms with Gasteiger partial charge >= 0.3 is 0 Å². The average molecular weight is 189 g/mol. The minimum Gasteiger partial charge on any atom is -0.298 e. The van der Waals surface area contributed by atoms with Gasteiger partial charge in [0.2, 0.25) is 0 Å². The molecule has 0 aliphatic carbocycles. The molecule has 2 aromatic heterocycles. The number of nitrogens with one attached hydrogen (secondary N) is 1. The molecule has 2 heterocycles. The highest BCUT2D eigenvalue weighted by atomic mass is 16.1. The van der Waals surface area contributed by atoms with Crippen molar-refractivity contribution in [2.45, 2.75) is 0 Å².